The molecule has 552 valence electrons. The molecule has 0 radical (unpaired) electrons. The van der Waals surface area contributed by atoms with E-state index in [1.165, 1.54) is 0 Å². The number of halogens is 7. The molecule has 0 amide bonds. The quantitative estimate of drug-likeness (QED) is 0.0250. The average molecular weight is 1800 g/mol. The Morgan fingerprint density at radius 3 is 0.924 bits per heavy atom. The van der Waals surface area contributed by atoms with Gasteiger partial charge in [-0.1, -0.05) is 125 Å². The Balaban J connectivity index is -0.000000183. The smallest absolute Gasteiger partial charge is 0.322 e. The van der Waals surface area contributed by atoms with Crippen LogP contribution in [0.5, 0.6) is 0 Å². The fourth-order valence-corrected chi connectivity index (χ4v) is 4.66. The van der Waals surface area contributed by atoms with E-state index in [9.17, 15) is 33.6 Å². The van der Waals surface area contributed by atoms with Crippen LogP contribution in [-0.4, -0.2) is 280 Å². The highest BCUT2D eigenvalue weighted by Crippen LogP contribution is 2.26. The molecule has 0 saturated carbocycles. The first-order valence-corrected chi connectivity index (χ1v) is 33.9. The fourth-order valence-electron chi connectivity index (χ4n) is 3.88. The number of ether oxygens (including phenoxy) is 7. The average Bonchev–Trinajstić information content (AvgIpc) is 1.30. The van der Waals surface area contributed by atoms with Gasteiger partial charge >= 0.3 is 41.8 Å². The molecule has 0 aliphatic heterocycles. The molecular formula is C57H107Br7O28. The maximum Gasteiger partial charge on any atom is 0.322 e. The number of alkyl halides is 7. The Morgan fingerprint density at radius 1 is 0.348 bits per heavy atom. The maximum absolute atomic E-state index is 11.4. The second-order valence-corrected chi connectivity index (χ2v) is 37.8. The van der Waals surface area contributed by atoms with Crippen molar-refractivity contribution in [3.8, 4) is 0 Å². The second kappa shape index (κ2) is 53.1. The van der Waals surface area contributed by atoms with Crippen molar-refractivity contribution >= 4 is 153 Å². The molecule has 0 aromatic rings. The van der Waals surface area contributed by atoms with E-state index in [-0.39, 0.29) is 125 Å². The molecule has 0 saturated heterocycles. The van der Waals surface area contributed by atoms with Gasteiger partial charge in [0.05, 0.1) is 96.9 Å². The van der Waals surface area contributed by atoms with E-state index in [0.717, 1.165) is 0 Å². The van der Waals surface area contributed by atoms with E-state index in [2.05, 4.69) is 116 Å². The van der Waals surface area contributed by atoms with Crippen LogP contribution in [0.1, 0.15) is 130 Å². The van der Waals surface area contributed by atoms with Crippen LogP contribution in [0.15, 0.2) is 0 Å². The summed E-state index contributed by atoms with van der Waals surface area (Å²) in [5.74, 6) is -3.38. The van der Waals surface area contributed by atoms with Crippen LogP contribution in [0.2, 0.25) is 0 Å². The van der Waals surface area contributed by atoms with Gasteiger partial charge in [-0.3, -0.25) is 33.6 Å². The Bertz CT molecular complexity index is 1950. The summed E-state index contributed by atoms with van der Waals surface area (Å²) < 4.78 is 28.7. The molecule has 0 fully saturated rings. The highest BCUT2D eigenvalue weighted by molar-refractivity contribution is 9.11. The minimum absolute atomic E-state index is 0.00780. The summed E-state index contributed by atoms with van der Waals surface area (Å²) >= 11 is 21.9. The molecule has 0 aromatic carbocycles. The largest absolute Gasteiger partial charge is 0.465 e. The van der Waals surface area contributed by atoms with Gasteiger partial charge in [0.1, 0.15) is 68.9 Å². The number of hydrogen-bond acceptors (Lipinski definition) is 28. The van der Waals surface area contributed by atoms with Crippen LogP contribution in [-0.2, 0) is 66.7 Å². The third-order valence-electron chi connectivity index (χ3n) is 10.7. The first kappa shape index (κ1) is 105. The molecule has 3 atom stereocenters. The van der Waals surface area contributed by atoms with Crippen LogP contribution in [0.25, 0.3) is 0 Å². The molecule has 92 heavy (non-hydrogen) atoms. The topological polar surface area (TPSA) is 467 Å². The number of esters is 7. The van der Waals surface area contributed by atoms with Gasteiger partial charge in [0.15, 0.2) is 0 Å². The Hall–Kier alpha value is -0.910. The molecule has 0 aliphatic rings. The fraction of sp³-hybridized carbons (Fsp3) is 0.877. The van der Waals surface area contributed by atoms with Gasteiger partial charge in [0.25, 0.3) is 0 Å². The van der Waals surface area contributed by atoms with Crippen molar-refractivity contribution in [2.75, 3.05) is 112 Å². The zero-order chi connectivity index (χ0) is 74.5. The minimum atomic E-state index is -0.996. The second-order valence-electron chi connectivity index (χ2n) is 23.9. The lowest BCUT2D eigenvalue weighted by Gasteiger charge is -2.28. The number of carbonyl (C=O) groups is 7. The first-order chi connectivity index (χ1) is 41.5. The molecular weight excluding hydrogens is 1690 g/mol. The summed E-state index contributed by atoms with van der Waals surface area (Å²) in [5.41, 5.74) is -1.50. The molecule has 0 spiro atoms. The SMILES string of the molecule is CC(C)(Br)C(=O)OC(CO)CO.CC(C)(Br)C(=O)OCC(CO)CO.CC(C)(Br)C(=O)OCC(O)CCO.CC(C)(Br)C(=O)OCC(O)CO.CC(C)(Br)C(=O)OCCC(O)CO.CC(CO)(CO)COC(=O)C(C)(C)Br.CCC(CO)(CO)COC(=O)C(C)(C)Br. The van der Waals surface area contributed by atoms with Gasteiger partial charge in [-0.05, 0) is 110 Å². The summed E-state index contributed by atoms with van der Waals surface area (Å²) in [4.78, 5) is 78.3. The van der Waals surface area contributed by atoms with Crippen LogP contribution >= 0.6 is 112 Å². The summed E-state index contributed by atoms with van der Waals surface area (Å²) in [6.07, 6.45) is -2.40. The van der Waals surface area contributed by atoms with Gasteiger partial charge < -0.3 is 105 Å². The van der Waals surface area contributed by atoms with Crippen molar-refractivity contribution in [2.45, 2.75) is 185 Å². The normalized spacial score (nSPS) is 13.0. The van der Waals surface area contributed by atoms with Crippen LogP contribution in [0.3, 0.4) is 0 Å². The minimum Gasteiger partial charge on any atom is -0.465 e. The molecule has 0 aliphatic carbocycles. The summed E-state index contributed by atoms with van der Waals surface area (Å²) in [7, 11) is 0. The summed E-state index contributed by atoms with van der Waals surface area (Å²) in [6.45, 7) is 23.9. The molecule has 0 bridgehead atoms. The highest BCUT2D eigenvalue weighted by Gasteiger charge is 2.34. The van der Waals surface area contributed by atoms with Gasteiger partial charge in [-0.15, -0.1) is 0 Å². The number of rotatable bonds is 34. The third-order valence-corrected chi connectivity index (χ3v) is 12.9. The number of aliphatic hydroxyl groups excluding tert-OH is 14. The van der Waals surface area contributed by atoms with Crippen LogP contribution < -0.4 is 0 Å². The maximum atomic E-state index is 11.4. The number of carbonyl (C=O) groups excluding carboxylic acids is 7. The van der Waals surface area contributed by atoms with E-state index >= 15 is 0 Å². The van der Waals surface area contributed by atoms with E-state index in [1.54, 1.807) is 104 Å². The molecule has 3 unspecified atom stereocenters. The first-order valence-electron chi connectivity index (χ1n) is 28.3. The van der Waals surface area contributed by atoms with Gasteiger partial charge in [0.2, 0.25) is 0 Å². The summed E-state index contributed by atoms with van der Waals surface area (Å²) in [6, 6.07) is 0. The van der Waals surface area contributed by atoms with E-state index < -0.39 is 114 Å². The number of aliphatic hydroxyl groups is 14. The standard InChI is InChI=1S/C10H19BrO4.C9H17BrO4.3C8H15BrO4.2C7H13BrO4/c1-4-10(5-12,6-13)7-15-8(14)9(2,3)11;1-8(2,10)7(13)14-6-9(3,4-11)5-12;1-8(2,9)7(12)13-5-6(3-10)4-11;1-8(2,9)7(12)13-4-3-6(11)5-10;1-8(2,9)7(12)13-5-6(11)3-4-10;1-7(2,8)6(11)12-4-5(10)3-9;1-7(2,8)6(11)12-5(3-9)4-10/h12-13H,4-7H2,1-3H3;11-12H,4-6H2,1-3H3;3*6,10-11H,3-5H2,1-2H3;2*5,9-10H,3-4H2,1-2H3. The molecule has 14 N–H and O–H groups in total. The van der Waals surface area contributed by atoms with Crippen LogP contribution in [0, 0.1) is 16.7 Å². The van der Waals surface area contributed by atoms with Crippen molar-refractivity contribution in [1.29, 1.82) is 0 Å². The predicted octanol–water partition coefficient (Wildman–Crippen LogP) is 3.09. The lowest BCUT2D eigenvalue weighted by Crippen LogP contribution is -2.38. The van der Waals surface area contributed by atoms with E-state index in [4.69, 9.17) is 99.9 Å². The van der Waals surface area contributed by atoms with Crippen molar-refractivity contribution < 1.29 is 138 Å². The van der Waals surface area contributed by atoms with Gasteiger partial charge in [-0.2, -0.15) is 0 Å². The lowest BCUT2D eigenvalue weighted by molar-refractivity contribution is -0.155. The van der Waals surface area contributed by atoms with Crippen molar-refractivity contribution in [1.82, 2.24) is 0 Å². The molecule has 28 nitrogen and oxygen atoms in total. The number of hydrogen-bond donors (Lipinski definition) is 14. The monoisotopic (exact) mass is 1790 g/mol. The molecule has 0 heterocycles. The van der Waals surface area contributed by atoms with Crippen LogP contribution in [0.4, 0.5) is 0 Å². The van der Waals surface area contributed by atoms with Gasteiger partial charge in [0, 0.05) is 24.4 Å². The predicted molar refractivity (Wildman–Crippen MR) is 366 cm³/mol. The van der Waals surface area contributed by atoms with Crippen molar-refractivity contribution in [2.24, 2.45) is 16.7 Å². The third kappa shape index (κ3) is 59.2. The van der Waals surface area contributed by atoms with E-state index in [0.29, 0.717) is 6.42 Å². The van der Waals surface area contributed by atoms with E-state index in [1.807, 2.05) is 6.92 Å². The Morgan fingerprint density at radius 2 is 0.652 bits per heavy atom. The Kier molecular flexibility index (Phi) is 60.3. The lowest BCUT2D eigenvalue weighted by atomic mass is 9.88. The van der Waals surface area contributed by atoms with Crippen molar-refractivity contribution in [3.63, 3.8) is 0 Å². The van der Waals surface area contributed by atoms with Gasteiger partial charge in [-0.25, -0.2) is 0 Å². The summed E-state index contributed by atoms with van der Waals surface area (Å²) in [5, 5.41) is 123. The zero-order valence-corrected chi connectivity index (χ0v) is 66.8. The zero-order valence-electron chi connectivity index (χ0n) is 55.7. The Labute approximate surface area is 600 Å². The molecule has 0 rings (SSSR count). The molecule has 0 aromatic heterocycles. The highest BCUT2D eigenvalue weighted by atomic mass is 79.9. The van der Waals surface area contributed by atoms with Crippen molar-refractivity contribution in [3.05, 3.63) is 0 Å². The molecule has 35 heteroatoms.